The zero-order valence-electron chi connectivity index (χ0n) is 7.40. The van der Waals surface area contributed by atoms with Gasteiger partial charge in [-0.3, -0.25) is 4.68 Å². The Balaban J connectivity index is 1.86. The van der Waals surface area contributed by atoms with Crippen molar-refractivity contribution in [3.05, 3.63) is 24.5 Å². The summed E-state index contributed by atoms with van der Waals surface area (Å²) in [6, 6.07) is 0. The number of unbranched alkanes of at least 4 members (excludes halogenated alkanes) is 1. The van der Waals surface area contributed by atoms with Gasteiger partial charge >= 0.3 is 0 Å². The van der Waals surface area contributed by atoms with Crippen LogP contribution in [0.3, 0.4) is 0 Å². The highest BCUT2D eigenvalue weighted by Gasteiger charge is 2.16. The standard InChI is InChI=1S/C10H11N3/c1-2-3-4-7-13-8-10(11-12-13)9-5-6-9/h2,8-9H,1,3-4,7H2. The molecule has 13 heavy (non-hydrogen) atoms. The first-order chi connectivity index (χ1) is 6.40. The summed E-state index contributed by atoms with van der Waals surface area (Å²) in [5.41, 5.74) is 0.957. The van der Waals surface area contributed by atoms with Crippen molar-refractivity contribution in [2.45, 2.75) is 25.3 Å². The van der Waals surface area contributed by atoms with Crippen molar-refractivity contribution in [3.8, 4) is 11.8 Å². The molecule has 0 saturated heterocycles. The van der Waals surface area contributed by atoms with Crippen molar-refractivity contribution in [2.75, 3.05) is 0 Å². The first-order valence-electron chi connectivity index (χ1n) is 4.42. The third kappa shape index (κ3) is 1.97. The minimum atomic E-state index is 0.216. The normalized spacial score (nSPS) is 13.5. The molecule has 0 atom stereocenters. The molecule has 0 bridgehead atoms. The fourth-order valence-corrected chi connectivity index (χ4v) is 1.14. The van der Waals surface area contributed by atoms with Crippen LogP contribution in [0.2, 0.25) is 0 Å². The van der Waals surface area contributed by atoms with Crippen LogP contribution in [-0.2, 0) is 6.54 Å². The molecule has 0 radical (unpaired) electrons. The van der Waals surface area contributed by atoms with Gasteiger partial charge in [0.2, 0.25) is 0 Å². The van der Waals surface area contributed by atoms with E-state index in [1.807, 2.05) is 17.0 Å². The Hall–Kier alpha value is -1.56. The number of allylic oxidation sites excluding steroid dienone is 1. The van der Waals surface area contributed by atoms with Crippen molar-refractivity contribution in [1.82, 2.24) is 15.0 Å². The molecule has 0 saturated carbocycles. The summed E-state index contributed by atoms with van der Waals surface area (Å²) in [5.74, 6) is 6.11. The number of hydrogen-bond acceptors (Lipinski definition) is 2. The van der Waals surface area contributed by atoms with Crippen LogP contribution >= 0.6 is 0 Å². The number of nitrogens with zero attached hydrogens (tertiary/aromatic N) is 3. The van der Waals surface area contributed by atoms with E-state index >= 15 is 0 Å². The monoisotopic (exact) mass is 173 g/mol. The molecule has 0 aromatic carbocycles. The second kappa shape index (κ2) is 3.44. The topological polar surface area (TPSA) is 30.7 Å². The van der Waals surface area contributed by atoms with E-state index in [0.717, 1.165) is 25.1 Å². The van der Waals surface area contributed by atoms with E-state index in [1.165, 1.54) is 0 Å². The summed E-state index contributed by atoms with van der Waals surface area (Å²) in [6.45, 7) is 4.58. The maximum absolute atomic E-state index is 4.02. The Morgan fingerprint density at radius 3 is 3.15 bits per heavy atom. The summed E-state index contributed by atoms with van der Waals surface area (Å²) < 4.78 is 1.86. The maximum Gasteiger partial charge on any atom is 0.127 e. The molecule has 0 N–H and O–H groups in total. The fourth-order valence-electron chi connectivity index (χ4n) is 1.14. The van der Waals surface area contributed by atoms with Gasteiger partial charge in [-0.2, -0.15) is 0 Å². The van der Waals surface area contributed by atoms with E-state index in [9.17, 15) is 0 Å². The molecule has 0 spiro atoms. The van der Waals surface area contributed by atoms with Gasteiger partial charge in [0.1, 0.15) is 11.6 Å². The molecule has 1 aromatic rings. The van der Waals surface area contributed by atoms with Crippen molar-refractivity contribution in [2.24, 2.45) is 0 Å². The van der Waals surface area contributed by atoms with Crippen LogP contribution in [0, 0.1) is 11.8 Å². The van der Waals surface area contributed by atoms with E-state index in [-0.39, 0.29) is 5.92 Å². The Bertz CT molecular complexity index is 359. The van der Waals surface area contributed by atoms with Gasteiger partial charge in [-0.1, -0.05) is 23.1 Å². The summed E-state index contributed by atoms with van der Waals surface area (Å²) in [6.07, 6.45) is 5.97. The summed E-state index contributed by atoms with van der Waals surface area (Å²) in [7, 11) is 0. The molecule has 3 heteroatoms. The van der Waals surface area contributed by atoms with Gasteiger partial charge in [-0.25, -0.2) is 0 Å². The van der Waals surface area contributed by atoms with Gasteiger partial charge in [0.25, 0.3) is 0 Å². The van der Waals surface area contributed by atoms with E-state index in [0.29, 0.717) is 0 Å². The predicted octanol–water partition coefficient (Wildman–Crippen LogP) is 1.34. The van der Waals surface area contributed by atoms with Gasteiger partial charge in [0.05, 0.1) is 6.20 Å². The van der Waals surface area contributed by atoms with Crippen molar-refractivity contribution in [1.29, 1.82) is 0 Å². The Morgan fingerprint density at radius 2 is 2.46 bits per heavy atom. The van der Waals surface area contributed by atoms with Crippen LogP contribution in [0.15, 0.2) is 18.9 Å². The van der Waals surface area contributed by atoms with Crippen LogP contribution in [-0.4, -0.2) is 15.0 Å². The third-order valence-corrected chi connectivity index (χ3v) is 1.94. The van der Waals surface area contributed by atoms with Crippen LogP contribution in [0.25, 0.3) is 0 Å². The lowest BCUT2D eigenvalue weighted by atomic mass is 10.3. The van der Waals surface area contributed by atoms with Crippen molar-refractivity contribution < 1.29 is 0 Å². The average Bonchev–Trinajstić information content (AvgIpc) is 2.88. The molecule has 1 aliphatic rings. The summed E-state index contributed by atoms with van der Waals surface area (Å²) in [5, 5.41) is 8.02. The van der Waals surface area contributed by atoms with Crippen LogP contribution in [0.5, 0.6) is 0 Å². The molecule has 1 heterocycles. The van der Waals surface area contributed by atoms with Crippen LogP contribution in [0.1, 0.15) is 24.5 Å². The molecule has 0 unspecified atom stereocenters. The minimum Gasteiger partial charge on any atom is -0.252 e. The van der Waals surface area contributed by atoms with Crippen molar-refractivity contribution >= 4 is 0 Å². The molecule has 2 rings (SSSR count). The van der Waals surface area contributed by atoms with Crippen LogP contribution in [0.4, 0.5) is 0 Å². The highest BCUT2D eigenvalue weighted by atomic mass is 15.4. The van der Waals surface area contributed by atoms with E-state index in [1.54, 1.807) is 0 Å². The van der Waals surface area contributed by atoms with Crippen LogP contribution < -0.4 is 0 Å². The predicted molar refractivity (Wildman–Crippen MR) is 50.0 cm³/mol. The van der Waals surface area contributed by atoms with Gasteiger partial charge < -0.3 is 0 Å². The maximum atomic E-state index is 4.02. The molecule has 1 aliphatic carbocycles. The third-order valence-electron chi connectivity index (χ3n) is 1.94. The number of aromatic nitrogens is 3. The zero-order chi connectivity index (χ0) is 9.10. The number of rotatable bonds is 5. The molecule has 1 aromatic heterocycles. The van der Waals surface area contributed by atoms with Gasteiger partial charge in [-0.15, -0.1) is 11.7 Å². The second-order valence-corrected chi connectivity index (χ2v) is 3.06. The molecule has 0 aliphatic heterocycles. The van der Waals surface area contributed by atoms with E-state index < -0.39 is 0 Å². The lowest BCUT2D eigenvalue weighted by Crippen LogP contribution is -1.97. The highest BCUT2D eigenvalue weighted by Crippen LogP contribution is 2.18. The minimum absolute atomic E-state index is 0.216. The molecule has 3 nitrogen and oxygen atoms in total. The summed E-state index contributed by atoms with van der Waals surface area (Å²) >= 11 is 0. The number of aryl methyl sites for hydroxylation is 1. The average molecular weight is 173 g/mol. The van der Waals surface area contributed by atoms with Gasteiger partial charge in [-0.05, 0) is 12.8 Å². The van der Waals surface area contributed by atoms with Crippen molar-refractivity contribution in [3.63, 3.8) is 0 Å². The molecule has 0 fully saturated rings. The first-order valence-corrected chi connectivity index (χ1v) is 4.42. The largest absolute Gasteiger partial charge is 0.252 e. The Kier molecular flexibility index (Phi) is 2.13. The first kappa shape index (κ1) is 8.06. The fraction of sp³-hybridized carbons (Fsp3) is 0.400. The Labute approximate surface area is 77.5 Å². The molecule has 66 valence electrons. The molecular formula is C10H11N3. The van der Waals surface area contributed by atoms with E-state index in [4.69, 9.17) is 0 Å². The smallest absolute Gasteiger partial charge is 0.127 e. The lowest BCUT2D eigenvalue weighted by Gasteiger charge is -1.95. The Morgan fingerprint density at radius 1 is 1.62 bits per heavy atom. The van der Waals surface area contributed by atoms with Gasteiger partial charge in [0.15, 0.2) is 0 Å². The zero-order valence-corrected chi connectivity index (χ0v) is 7.40. The van der Waals surface area contributed by atoms with E-state index in [2.05, 4.69) is 28.7 Å². The SMILES string of the molecule is C=CCCCn1cc(C2C#C2)nn1. The lowest BCUT2D eigenvalue weighted by molar-refractivity contribution is 0.563. The summed E-state index contributed by atoms with van der Waals surface area (Å²) in [4.78, 5) is 0. The number of hydrogen-bond donors (Lipinski definition) is 0. The molecular weight excluding hydrogens is 162 g/mol. The highest BCUT2D eigenvalue weighted by molar-refractivity contribution is 5.43. The second-order valence-electron chi connectivity index (χ2n) is 3.06. The van der Waals surface area contributed by atoms with Gasteiger partial charge in [0, 0.05) is 6.54 Å². The quantitative estimate of drug-likeness (QED) is 0.382. The molecule has 0 amide bonds.